The van der Waals surface area contributed by atoms with E-state index in [2.05, 4.69) is 51.9 Å². The van der Waals surface area contributed by atoms with Crippen LogP contribution in [0.3, 0.4) is 0 Å². The number of aryl methyl sites for hydroxylation is 2. The second-order valence-corrected chi connectivity index (χ2v) is 8.26. The summed E-state index contributed by atoms with van der Waals surface area (Å²) >= 11 is 0. The van der Waals surface area contributed by atoms with Crippen LogP contribution in [0.4, 0.5) is 0 Å². The van der Waals surface area contributed by atoms with Crippen LogP contribution in [-0.2, 0) is 50.5 Å². The number of Topliss-reactive ketones (excluding diaryl/α,β-unsaturated/α-hetero) is 1. The molecule has 0 aliphatic heterocycles. The smallest absolute Gasteiger partial charge is 0.111 e. The predicted octanol–water partition coefficient (Wildman–Crippen LogP) is 4.55. The molecule has 0 aromatic carbocycles. The van der Waals surface area contributed by atoms with Crippen molar-refractivity contribution in [1.29, 1.82) is 0 Å². The number of ketones is 1. The summed E-state index contributed by atoms with van der Waals surface area (Å²) in [7, 11) is 0. The molecule has 1 aromatic rings. The molecule has 1 radical (unpaired) electrons. The maximum Gasteiger partial charge on any atom is 0.111 e. The molecule has 0 amide bonds. The Hall–Kier alpha value is -0.0861. The number of aromatic nitrogens is 3. The topological polar surface area (TPSA) is 47.8 Å². The van der Waals surface area contributed by atoms with Gasteiger partial charge in [0.25, 0.3) is 0 Å². The number of rotatable bonds is 5. The summed E-state index contributed by atoms with van der Waals surface area (Å²) in [4.78, 5) is 11.8. The number of carbonyl (C=O) groups is 1. The third-order valence-corrected chi connectivity index (χ3v) is 3.30. The zero-order valence-electron chi connectivity index (χ0n) is 16.7. The Balaban J connectivity index is 0. The molecule has 4 nitrogen and oxygen atoms in total. The standard InChI is InChI=1S/C12H23O.C7H12N3.Y/c1-9(8-11(2,3)4)10(13)12(5,6)7;1-3-5-10-6-7(4-2)8-9-10;/h9H,1,8H2,2-7H3;6H,1,3-5H2,2H3;/q2*-1;. The van der Waals surface area contributed by atoms with Gasteiger partial charge in [-0.25, -0.2) is 0 Å². The first-order chi connectivity index (χ1) is 10.4. The molecule has 0 fully saturated rings. The molecule has 1 atom stereocenters. The van der Waals surface area contributed by atoms with Crippen molar-refractivity contribution in [3.8, 4) is 0 Å². The molecule has 0 saturated carbocycles. The van der Waals surface area contributed by atoms with Crippen molar-refractivity contribution < 1.29 is 37.5 Å². The number of hydrogen-bond acceptors (Lipinski definition) is 3. The fraction of sp³-hybridized carbons (Fsp3) is 0.737. The van der Waals surface area contributed by atoms with Gasteiger partial charge in [0, 0.05) is 50.9 Å². The van der Waals surface area contributed by atoms with E-state index in [1.54, 1.807) is 0 Å². The van der Waals surface area contributed by atoms with Crippen molar-refractivity contribution >= 4 is 5.78 Å². The molecule has 1 rings (SSSR count). The quantitative estimate of drug-likeness (QED) is 0.669. The van der Waals surface area contributed by atoms with Gasteiger partial charge in [-0.2, -0.15) is 6.42 Å². The van der Waals surface area contributed by atoms with Crippen LogP contribution in [0, 0.1) is 30.6 Å². The largest absolute Gasteiger partial charge is 0.342 e. The number of carbonyl (C=O) groups excluding carboxylic acids is 1. The Kier molecular flexibility index (Phi) is 12.5. The molecule has 1 aromatic heterocycles. The molecule has 0 aliphatic carbocycles. The van der Waals surface area contributed by atoms with Crippen molar-refractivity contribution in [2.24, 2.45) is 16.7 Å². The van der Waals surface area contributed by atoms with Crippen molar-refractivity contribution in [3.63, 3.8) is 0 Å². The molecule has 0 saturated heterocycles. The Morgan fingerprint density at radius 1 is 1.25 bits per heavy atom. The molecular formula is C19H35N3OY-2. The zero-order chi connectivity index (χ0) is 18.3. The van der Waals surface area contributed by atoms with Crippen LogP contribution in [0.1, 0.15) is 67.0 Å². The van der Waals surface area contributed by atoms with E-state index < -0.39 is 0 Å². The third kappa shape index (κ3) is 11.5. The van der Waals surface area contributed by atoms with Crippen LogP contribution in [0.15, 0.2) is 6.20 Å². The van der Waals surface area contributed by atoms with Crippen LogP contribution in [-0.4, -0.2) is 20.8 Å². The fourth-order valence-corrected chi connectivity index (χ4v) is 2.22. The summed E-state index contributed by atoms with van der Waals surface area (Å²) in [5, 5.41) is 7.84. The summed E-state index contributed by atoms with van der Waals surface area (Å²) in [5.41, 5.74) is 0.985. The van der Waals surface area contributed by atoms with Gasteiger partial charge in [0.1, 0.15) is 5.78 Å². The van der Waals surface area contributed by atoms with Gasteiger partial charge in [-0.05, 0) is 11.8 Å². The van der Waals surface area contributed by atoms with Crippen molar-refractivity contribution in [2.45, 2.75) is 74.3 Å². The Bertz CT molecular complexity index is 470. The van der Waals surface area contributed by atoms with E-state index in [9.17, 15) is 4.79 Å². The summed E-state index contributed by atoms with van der Waals surface area (Å²) in [6.45, 7) is 22.9. The normalized spacial score (nSPS) is 12.7. The SMILES string of the molecule is [CH2-]C(CC(C)(C)C)C(=O)C(C)(C)C.[CH2-]CCn1cc(CC)nn1.[Y]. The van der Waals surface area contributed by atoms with E-state index in [0.29, 0.717) is 0 Å². The van der Waals surface area contributed by atoms with Crippen molar-refractivity contribution in [3.05, 3.63) is 25.7 Å². The third-order valence-electron chi connectivity index (χ3n) is 3.30. The van der Waals surface area contributed by atoms with E-state index in [4.69, 9.17) is 0 Å². The first-order valence-corrected chi connectivity index (χ1v) is 8.46. The van der Waals surface area contributed by atoms with Gasteiger partial charge in [0.2, 0.25) is 0 Å². The summed E-state index contributed by atoms with van der Waals surface area (Å²) < 4.78 is 1.83. The molecule has 137 valence electrons. The van der Waals surface area contributed by atoms with E-state index in [1.165, 1.54) is 0 Å². The fourth-order valence-electron chi connectivity index (χ4n) is 2.22. The minimum atomic E-state index is -0.252. The summed E-state index contributed by atoms with van der Waals surface area (Å²) in [5.74, 6) is 0.197. The van der Waals surface area contributed by atoms with Gasteiger partial charge in [0.15, 0.2) is 0 Å². The van der Waals surface area contributed by atoms with Gasteiger partial charge < -0.3 is 18.6 Å². The average molecular weight is 410 g/mol. The maximum atomic E-state index is 11.8. The minimum Gasteiger partial charge on any atom is -0.342 e. The first kappa shape index (κ1) is 26.1. The van der Waals surface area contributed by atoms with Gasteiger partial charge >= 0.3 is 0 Å². The molecule has 24 heavy (non-hydrogen) atoms. The average Bonchev–Trinajstić information content (AvgIpc) is 2.84. The molecule has 1 heterocycles. The van der Waals surface area contributed by atoms with E-state index in [-0.39, 0.29) is 55.2 Å². The van der Waals surface area contributed by atoms with Crippen LogP contribution in [0.5, 0.6) is 0 Å². The Labute approximate surface area is 174 Å². The second-order valence-electron chi connectivity index (χ2n) is 8.26. The van der Waals surface area contributed by atoms with E-state index in [1.807, 2.05) is 31.6 Å². The monoisotopic (exact) mass is 410 g/mol. The minimum absolute atomic E-state index is 0. The maximum absolute atomic E-state index is 11.8. The predicted molar refractivity (Wildman–Crippen MR) is 96.8 cm³/mol. The molecule has 1 unspecified atom stereocenters. The van der Waals surface area contributed by atoms with Crippen LogP contribution >= 0.6 is 0 Å². The summed E-state index contributed by atoms with van der Waals surface area (Å²) in [6.07, 6.45) is 4.65. The molecule has 0 spiro atoms. The molecule has 0 aliphatic rings. The molecule has 0 N–H and O–H groups in total. The molecule has 5 heteroatoms. The van der Waals surface area contributed by atoms with Crippen LogP contribution < -0.4 is 0 Å². The summed E-state index contributed by atoms with van der Waals surface area (Å²) in [6, 6.07) is 0. The van der Waals surface area contributed by atoms with Gasteiger partial charge in [-0.1, -0.05) is 60.1 Å². The Morgan fingerprint density at radius 2 is 1.79 bits per heavy atom. The van der Waals surface area contributed by atoms with Gasteiger partial charge in [-0.15, -0.1) is 11.0 Å². The number of hydrogen-bond donors (Lipinski definition) is 0. The molecule has 0 bridgehead atoms. The molecular weight excluding hydrogens is 375 g/mol. The number of nitrogens with zero attached hydrogens (tertiary/aromatic N) is 3. The first-order valence-electron chi connectivity index (χ1n) is 8.46. The van der Waals surface area contributed by atoms with E-state index >= 15 is 0 Å². The Morgan fingerprint density at radius 3 is 2.12 bits per heavy atom. The second kappa shape index (κ2) is 11.5. The van der Waals surface area contributed by atoms with Crippen molar-refractivity contribution in [2.75, 3.05) is 0 Å². The zero-order valence-corrected chi connectivity index (χ0v) is 19.6. The van der Waals surface area contributed by atoms with Crippen molar-refractivity contribution in [1.82, 2.24) is 15.0 Å². The van der Waals surface area contributed by atoms with Gasteiger partial charge in [0.05, 0.1) is 5.69 Å². The van der Waals surface area contributed by atoms with Crippen LogP contribution in [0.25, 0.3) is 0 Å². The van der Waals surface area contributed by atoms with E-state index in [0.717, 1.165) is 31.5 Å². The van der Waals surface area contributed by atoms with Gasteiger partial charge in [-0.3, -0.25) is 4.68 Å². The van der Waals surface area contributed by atoms with Crippen LogP contribution in [0.2, 0.25) is 0 Å².